The lowest BCUT2D eigenvalue weighted by Gasteiger charge is -2.33. The van der Waals surface area contributed by atoms with Crippen LogP contribution in [-0.4, -0.2) is 19.9 Å². The summed E-state index contributed by atoms with van der Waals surface area (Å²) in [4.78, 5) is 0. The van der Waals surface area contributed by atoms with Gasteiger partial charge in [0.25, 0.3) is 0 Å². The Bertz CT molecular complexity index is 501. The second-order valence-electron chi connectivity index (χ2n) is 5.43. The largest absolute Gasteiger partial charge is 0.271 e. The Hall–Kier alpha value is -0.910. The molecule has 2 rings (SSSR count). The molecule has 1 aliphatic rings. The minimum absolute atomic E-state index is 0.0331. The molecule has 3 unspecified atom stereocenters. The van der Waals surface area contributed by atoms with Crippen molar-refractivity contribution in [3.63, 3.8) is 0 Å². The van der Waals surface area contributed by atoms with E-state index in [0.717, 1.165) is 24.8 Å². The van der Waals surface area contributed by atoms with Gasteiger partial charge in [-0.15, -0.1) is 0 Å². The molecule has 1 saturated carbocycles. The zero-order valence-corrected chi connectivity index (χ0v) is 12.1. The molecule has 0 radical (unpaired) electrons. The lowest BCUT2D eigenvalue weighted by atomic mass is 9.81. The maximum Gasteiger partial charge on any atom is 0.150 e. The molecule has 19 heavy (non-hydrogen) atoms. The van der Waals surface area contributed by atoms with Crippen LogP contribution in [0.1, 0.15) is 37.3 Å². The first-order valence-corrected chi connectivity index (χ1v) is 8.67. The third-order valence-electron chi connectivity index (χ3n) is 4.08. The lowest BCUT2D eigenvalue weighted by molar-refractivity contribution is 0.274. The van der Waals surface area contributed by atoms with Crippen molar-refractivity contribution in [2.75, 3.05) is 6.26 Å². The second kappa shape index (κ2) is 6.03. The third kappa shape index (κ3) is 3.55. The van der Waals surface area contributed by atoms with Gasteiger partial charge in [0.15, 0.2) is 0 Å². The summed E-state index contributed by atoms with van der Waals surface area (Å²) in [7, 11) is -2.95. The normalized spacial score (nSPS) is 26.0. The van der Waals surface area contributed by atoms with E-state index >= 15 is 0 Å². The number of hydrogen-bond donors (Lipinski definition) is 2. The number of sulfone groups is 1. The summed E-state index contributed by atoms with van der Waals surface area (Å²) in [6.07, 6.45) is 4.79. The molecule has 0 amide bonds. The molecule has 106 valence electrons. The van der Waals surface area contributed by atoms with Crippen LogP contribution in [-0.2, 0) is 9.84 Å². The smallest absolute Gasteiger partial charge is 0.150 e. The van der Waals surface area contributed by atoms with E-state index in [1.807, 2.05) is 30.3 Å². The van der Waals surface area contributed by atoms with Crippen molar-refractivity contribution in [3.05, 3.63) is 35.9 Å². The van der Waals surface area contributed by atoms with Gasteiger partial charge in [0, 0.05) is 12.3 Å². The van der Waals surface area contributed by atoms with Gasteiger partial charge in [-0.25, -0.2) is 8.42 Å². The van der Waals surface area contributed by atoms with Gasteiger partial charge >= 0.3 is 0 Å². The maximum absolute atomic E-state index is 11.7. The molecule has 0 heterocycles. The van der Waals surface area contributed by atoms with E-state index in [4.69, 9.17) is 5.84 Å². The Morgan fingerprint density at radius 2 is 1.95 bits per heavy atom. The zero-order chi connectivity index (χ0) is 13.9. The average molecular weight is 282 g/mol. The molecule has 0 bridgehead atoms. The van der Waals surface area contributed by atoms with Gasteiger partial charge in [-0.2, -0.15) is 0 Å². The SMILES string of the molecule is CS(=O)(=O)C1CCCC(C(NN)c2ccccc2)C1. The highest BCUT2D eigenvalue weighted by molar-refractivity contribution is 7.91. The van der Waals surface area contributed by atoms with Crippen molar-refractivity contribution < 1.29 is 8.42 Å². The summed E-state index contributed by atoms with van der Waals surface area (Å²) in [6, 6.07) is 10.0. The van der Waals surface area contributed by atoms with Gasteiger partial charge in [-0.05, 0) is 30.7 Å². The summed E-state index contributed by atoms with van der Waals surface area (Å²) in [5, 5.41) is -0.217. The Balaban J connectivity index is 2.15. The number of hydrogen-bond acceptors (Lipinski definition) is 4. The van der Waals surface area contributed by atoms with E-state index < -0.39 is 9.84 Å². The van der Waals surface area contributed by atoms with Crippen LogP contribution < -0.4 is 11.3 Å². The molecule has 3 atom stereocenters. The maximum atomic E-state index is 11.7. The second-order valence-corrected chi connectivity index (χ2v) is 7.76. The number of nitrogens with two attached hydrogens (primary N) is 1. The molecule has 1 aromatic rings. The van der Waals surface area contributed by atoms with E-state index in [2.05, 4.69) is 5.43 Å². The number of rotatable bonds is 4. The summed E-state index contributed by atoms with van der Waals surface area (Å²) < 4.78 is 23.5. The minimum atomic E-state index is -2.95. The van der Waals surface area contributed by atoms with Crippen molar-refractivity contribution in [1.82, 2.24) is 5.43 Å². The van der Waals surface area contributed by atoms with E-state index in [0.29, 0.717) is 6.42 Å². The van der Waals surface area contributed by atoms with Crippen LogP contribution in [0.2, 0.25) is 0 Å². The van der Waals surface area contributed by atoms with Crippen LogP contribution in [0.15, 0.2) is 30.3 Å². The van der Waals surface area contributed by atoms with Crippen LogP contribution >= 0.6 is 0 Å². The highest BCUT2D eigenvalue weighted by atomic mass is 32.2. The van der Waals surface area contributed by atoms with Crippen molar-refractivity contribution in [3.8, 4) is 0 Å². The topological polar surface area (TPSA) is 72.2 Å². The molecule has 1 aromatic carbocycles. The molecule has 0 saturated heterocycles. The van der Waals surface area contributed by atoms with E-state index in [1.54, 1.807) is 0 Å². The van der Waals surface area contributed by atoms with Crippen LogP contribution in [0.25, 0.3) is 0 Å². The summed E-state index contributed by atoms with van der Waals surface area (Å²) in [5.74, 6) is 5.97. The Kier molecular flexibility index (Phi) is 4.60. The molecule has 1 fully saturated rings. The highest BCUT2D eigenvalue weighted by Crippen LogP contribution is 2.36. The quantitative estimate of drug-likeness (QED) is 0.652. The summed E-state index contributed by atoms with van der Waals surface area (Å²) in [6.45, 7) is 0. The standard InChI is InChI=1S/C14H22N2O2S/c1-19(17,18)13-9-5-8-12(10-13)14(16-15)11-6-3-2-4-7-11/h2-4,6-7,12-14,16H,5,8-10,15H2,1H3. The van der Waals surface area contributed by atoms with Crippen LogP contribution in [0.4, 0.5) is 0 Å². The van der Waals surface area contributed by atoms with Crippen LogP contribution in [0.3, 0.4) is 0 Å². The number of hydrazine groups is 1. The fraction of sp³-hybridized carbons (Fsp3) is 0.571. The predicted octanol–water partition coefficient (Wildman–Crippen LogP) is 1.79. The van der Waals surface area contributed by atoms with Gasteiger partial charge in [0.2, 0.25) is 0 Å². The van der Waals surface area contributed by atoms with Gasteiger partial charge in [0.05, 0.1) is 5.25 Å². The molecule has 1 aliphatic carbocycles. The van der Waals surface area contributed by atoms with Crippen molar-refractivity contribution in [1.29, 1.82) is 0 Å². The first kappa shape index (κ1) is 14.5. The Labute approximate surface area is 115 Å². The van der Waals surface area contributed by atoms with E-state index in [1.165, 1.54) is 6.26 Å². The molecule has 0 aromatic heterocycles. The Morgan fingerprint density at radius 1 is 1.26 bits per heavy atom. The minimum Gasteiger partial charge on any atom is -0.271 e. The average Bonchev–Trinajstić information content (AvgIpc) is 2.40. The fourth-order valence-electron chi connectivity index (χ4n) is 3.04. The van der Waals surface area contributed by atoms with Gasteiger partial charge in [-0.3, -0.25) is 11.3 Å². The molecule has 5 heteroatoms. The molecule has 0 spiro atoms. The molecule has 0 aliphatic heterocycles. The van der Waals surface area contributed by atoms with Gasteiger partial charge in [-0.1, -0.05) is 36.8 Å². The third-order valence-corrected chi connectivity index (χ3v) is 5.72. The van der Waals surface area contributed by atoms with E-state index in [9.17, 15) is 8.42 Å². The zero-order valence-electron chi connectivity index (χ0n) is 11.2. The number of benzene rings is 1. The first-order valence-electron chi connectivity index (χ1n) is 6.72. The van der Waals surface area contributed by atoms with Crippen LogP contribution in [0, 0.1) is 5.92 Å². The van der Waals surface area contributed by atoms with E-state index in [-0.39, 0.29) is 17.2 Å². The lowest BCUT2D eigenvalue weighted by Crippen LogP contribution is -2.38. The molecule has 3 N–H and O–H groups in total. The van der Waals surface area contributed by atoms with Crippen LogP contribution in [0.5, 0.6) is 0 Å². The predicted molar refractivity (Wildman–Crippen MR) is 77.1 cm³/mol. The van der Waals surface area contributed by atoms with Crippen molar-refractivity contribution >= 4 is 9.84 Å². The van der Waals surface area contributed by atoms with Crippen molar-refractivity contribution in [2.45, 2.75) is 37.0 Å². The fourth-order valence-corrected chi connectivity index (χ4v) is 4.23. The molecular formula is C14H22N2O2S. The summed E-state index contributed by atoms with van der Waals surface area (Å²) in [5.41, 5.74) is 3.99. The van der Waals surface area contributed by atoms with Gasteiger partial charge < -0.3 is 0 Å². The molecular weight excluding hydrogens is 260 g/mol. The monoisotopic (exact) mass is 282 g/mol. The summed E-state index contributed by atoms with van der Waals surface area (Å²) >= 11 is 0. The van der Waals surface area contributed by atoms with Crippen molar-refractivity contribution in [2.24, 2.45) is 11.8 Å². The first-order chi connectivity index (χ1) is 9.02. The van der Waals surface area contributed by atoms with Gasteiger partial charge in [0.1, 0.15) is 9.84 Å². The number of nitrogens with one attached hydrogen (secondary N) is 1. The highest BCUT2D eigenvalue weighted by Gasteiger charge is 2.33. The Morgan fingerprint density at radius 3 is 2.53 bits per heavy atom. The molecule has 4 nitrogen and oxygen atoms in total.